The molecule has 0 unspecified atom stereocenters. The van der Waals surface area contributed by atoms with Crippen LogP contribution in [0.15, 0.2) is 35.9 Å². The summed E-state index contributed by atoms with van der Waals surface area (Å²) >= 11 is 0. The fourth-order valence-electron chi connectivity index (χ4n) is 1.47. The number of carbonyl (C=O) groups is 1. The van der Waals surface area contributed by atoms with Gasteiger partial charge in [-0.05, 0) is 25.5 Å². The molecule has 1 rings (SSSR count). The van der Waals surface area contributed by atoms with Crippen LogP contribution < -0.4 is 5.32 Å². The van der Waals surface area contributed by atoms with Crippen molar-refractivity contribution in [3.05, 3.63) is 47.0 Å². The summed E-state index contributed by atoms with van der Waals surface area (Å²) in [7, 11) is 1.40. The minimum absolute atomic E-state index is 0.287. The van der Waals surface area contributed by atoms with Gasteiger partial charge in [0, 0.05) is 13.1 Å². The zero-order valence-electron chi connectivity index (χ0n) is 10.6. The number of methoxy groups -OCH3 is 1. The van der Waals surface area contributed by atoms with Crippen LogP contribution >= 0.6 is 0 Å². The summed E-state index contributed by atoms with van der Waals surface area (Å²) in [5.74, 6) is -0.287. The molecule has 3 nitrogen and oxygen atoms in total. The van der Waals surface area contributed by atoms with Gasteiger partial charge in [-0.2, -0.15) is 0 Å². The lowest BCUT2D eigenvalue weighted by molar-refractivity contribution is 0.0599. The van der Waals surface area contributed by atoms with Gasteiger partial charge in [0.15, 0.2) is 0 Å². The molecule has 0 saturated heterocycles. The van der Waals surface area contributed by atoms with E-state index in [-0.39, 0.29) is 5.97 Å². The van der Waals surface area contributed by atoms with Gasteiger partial charge in [0.05, 0.1) is 12.7 Å². The summed E-state index contributed by atoms with van der Waals surface area (Å²) in [4.78, 5) is 11.5. The maximum atomic E-state index is 11.5. The third-order valence-corrected chi connectivity index (χ3v) is 2.39. The summed E-state index contributed by atoms with van der Waals surface area (Å²) in [6.45, 7) is 5.58. The first-order valence-corrected chi connectivity index (χ1v) is 5.65. The summed E-state index contributed by atoms with van der Waals surface area (Å²) in [6, 6.07) is 7.47. The Kier molecular flexibility index (Phi) is 5.43. The number of allylic oxidation sites excluding steroid dienone is 1. The van der Waals surface area contributed by atoms with Gasteiger partial charge in [0.25, 0.3) is 0 Å². The normalized spacial score (nSPS) is 9.82. The van der Waals surface area contributed by atoms with Crippen molar-refractivity contribution in [2.24, 2.45) is 0 Å². The van der Waals surface area contributed by atoms with Crippen LogP contribution in [0.1, 0.15) is 29.8 Å². The molecule has 3 heteroatoms. The fraction of sp³-hybridized carbons (Fsp3) is 0.357. The predicted molar refractivity (Wildman–Crippen MR) is 68.9 cm³/mol. The molecule has 92 valence electrons. The van der Waals surface area contributed by atoms with Gasteiger partial charge in [-0.15, -0.1) is 0 Å². The highest BCUT2D eigenvalue weighted by Gasteiger charge is 2.09. The van der Waals surface area contributed by atoms with E-state index >= 15 is 0 Å². The Morgan fingerprint density at radius 3 is 2.71 bits per heavy atom. The Bertz CT molecular complexity index is 406. The Balaban J connectivity index is 2.64. The van der Waals surface area contributed by atoms with Crippen LogP contribution in [0, 0.1) is 0 Å². The second-order valence-corrected chi connectivity index (χ2v) is 4.06. The van der Waals surface area contributed by atoms with Crippen molar-refractivity contribution in [3.63, 3.8) is 0 Å². The Morgan fingerprint density at radius 2 is 2.06 bits per heavy atom. The van der Waals surface area contributed by atoms with Crippen LogP contribution in [0.3, 0.4) is 0 Å². The molecule has 0 amide bonds. The van der Waals surface area contributed by atoms with Crippen molar-refractivity contribution in [3.8, 4) is 0 Å². The van der Waals surface area contributed by atoms with Crippen LogP contribution in [-0.2, 0) is 11.3 Å². The number of benzene rings is 1. The number of rotatable bonds is 5. The number of hydrogen-bond acceptors (Lipinski definition) is 3. The lowest BCUT2D eigenvalue weighted by atomic mass is 10.1. The monoisotopic (exact) mass is 233 g/mol. The van der Waals surface area contributed by atoms with Gasteiger partial charge in [-0.1, -0.05) is 29.8 Å². The number of esters is 1. The minimum atomic E-state index is -0.287. The SMILES string of the molecule is COC(=O)c1ccccc1CNCC=C(C)C. The first-order chi connectivity index (χ1) is 8.15. The van der Waals surface area contributed by atoms with Crippen LogP contribution in [0.25, 0.3) is 0 Å². The molecule has 17 heavy (non-hydrogen) atoms. The minimum Gasteiger partial charge on any atom is -0.465 e. The van der Waals surface area contributed by atoms with E-state index < -0.39 is 0 Å². The van der Waals surface area contributed by atoms with E-state index in [0.717, 1.165) is 12.1 Å². The molecule has 0 radical (unpaired) electrons. The third-order valence-electron chi connectivity index (χ3n) is 2.39. The summed E-state index contributed by atoms with van der Waals surface area (Å²) < 4.78 is 4.74. The summed E-state index contributed by atoms with van der Waals surface area (Å²) in [5, 5.41) is 3.27. The first kappa shape index (κ1) is 13.5. The fourth-order valence-corrected chi connectivity index (χ4v) is 1.47. The zero-order valence-corrected chi connectivity index (χ0v) is 10.6. The van der Waals surface area contributed by atoms with Gasteiger partial charge in [-0.3, -0.25) is 0 Å². The van der Waals surface area contributed by atoms with E-state index in [0.29, 0.717) is 12.1 Å². The highest BCUT2D eigenvalue weighted by Crippen LogP contribution is 2.09. The second-order valence-electron chi connectivity index (χ2n) is 4.06. The molecule has 0 spiro atoms. The molecule has 0 aliphatic carbocycles. The molecule has 1 aromatic carbocycles. The molecular weight excluding hydrogens is 214 g/mol. The molecule has 0 atom stereocenters. The number of ether oxygens (including phenoxy) is 1. The molecule has 0 aliphatic rings. The van der Waals surface area contributed by atoms with Gasteiger partial charge < -0.3 is 10.1 Å². The van der Waals surface area contributed by atoms with Crippen molar-refractivity contribution in [2.75, 3.05) is 13.7 Å². The van der Waals surface area contributed by atoms with E-state index in [1.54, 1.807) is 6.07 Å². The van der Waals surface area contributed by atoms with Crippen LogP contribution in [-0.4, -0.2) is 19.6 Å². The van der Waals surface area contributed by atoms with Gasteiger partial charge in [0.1, 0.15) is 0 Å². The molecule has 0 bridgehead atoms. The van der Waals surface area contributed by atoms with E-state index in [2.05, 4.69) is 25.2 Å². The second kappa shape index (κ2) is 6.86. The quantitative estimate of drug-likeness (QED) is 0.482. The maximum absolute atomic E-state index is 11.5. The zero-order chi connectivity index (χ0) is 12.7. The van der Waals surface area contributed by atoms with Gasteiger partial charge in [0.2, 0.25) is 0 Å². The lowest BCUT2D eigenvalue weighted by Crippen LogP contribution is -2.16. The molecule has 0 fully saturated rings. The molecule has 1 aromatic rings. The van der Waals surface area contributed by atoms with E-state index in [1.807, 2.05) is 18.2 Å². The standard InChI is InChI=1S/C14H19NO2/c1-11(2)8-9-15-10-12-6-4-5-7-13(12)14(16)17-3/h4-8,15H,9-10H2,1-3H3. The Hall–Kier alpha value is -1.61. The van der Waals surface area contributed by atoms with Crippen LogP contribution in [0.4, 0.5) is 0 Å². The maximum Gasteiger partial charge on any atom is 0.338 e. The van der Waals surface area contributed by atoms with Crippen molar-refractivity contribution in [1.29, 1.82) is 0 Å². The molecule has 0 aliphatic heterocycles. The highest BCUT2D eigenvalue weighted by atomic mass is 16.5. The number of hydrogen-bond donors (Lipinski definition) is 1. The molecular formula is C14H19NO2. The lowest BCUT2D eigenvalue weighted by Gasteiger charge is -2.08. The van der Waals surface area contributed by atoms with Crippen molar-refractivity contribution in [1.82, 2.24) is 5.32 Å². The largest absolute Gasteiger partial charge is 0.465 e. The van der Waals surface area contributed by atoms with Crippen molar-refractivity contribution in [2.45, 2.75) is 20.4 Å². The number of nitrogens with one attached hydrogen (secondary N) is 1. The van der Waals surface area contributed by atoms with Crippen molar-refractivity contribution < 1.29 is 9.53 Å². The van der Waals surface area contributed by atoms with E-state index in [1.165, 1.54) is 12.7 Å². The third kappa shape index (κ3) is 4.41. The average molecular weight is 233 g/mol. The number of carbonyl (C=O) groups excluding carboxylic acids is 1. The van der Waals surface area contributed by atoms with Gasteiger partial charge >= 0.3 is 5.97 Å². The smallest absolute Gasteiger partial charge is 0.338 e. The predicted octanol–water partition coefficient (Wildman–Crippen LogP) is 2.53. The van der Waals surface area contributed by atoms with E-state index in [9.17, 15) is 4.79 Å². The van der Waals surface area contributed by atoms with E-state index in [4.69, 9.17) is 4.74 Å². The topological polar surface area (TPSA) is 38.3 Å². The molecule has 0 aromatic heterocycles. The Morgan fingerprint density at radius 1 is 1.35 bits per heavy atom. The average Bonchev–Trinajstić information content (AvgIpc) is 2.34. The van der Waals surface area contributed by atoms with Crippen LogP contribution in [0.5, 0.6) is 0 Å². The molecule has 0 saturated carbocycles. The van der Waals surface area contributed by atoms with Crippen molar-refractivity contribution >= 4 is 5.97 Å². The summed E-state index contributed by atoms with van der Waals surface area (Å²) in [5.41, 5.74) is 2.86. The first-order valence-electron chi connectivity index (χ1n) is 5.65. The Labute approximate surface area is 102 Å². The summed E-state index contributed by atoms with van der Waals surface area (Å²) in [6.07, 6.45) is 2.11. The molecule has 1 N–H and O–H groups in total. The van der Waals surface area contributed by atoms with Gasteiger partial charge in [-0.25, -0.2) is 4.79 Å². The van der Waals surface area contributed by atoms with Crippen LogP contribution in [0.2, 0.25) is 0 Å². The highest BCUT2D eigenvalue weighted by molar-refractivity contribution is 5.90. The molecule has 0 heterocycles.